The molecule has 15 heavy (non-hydrogen) atoms. The van der Waals surface area contributed by atoms with Crippen LogP contribution in [0.2, 0.25) is 0 Å². The highest BCUT2D eigenvalue weighted by Gasteiger charge is 2.31. The predicted octanol–water partition coefficient (Wildman–Crippen LogP) is 1.35. The summed E-state index contributed by atoms with van der Waals surface area (Å²) in [6.45, 7) is 0.148. The van der Waals surface area contributed by atoms with Crippen molar-refractivity contribution < 1.29 is 13.9 Å². The lowest BCUT2D eigenvalue weighted by Crippen LogP contribution is -2.29. The second-order valence-electron chi connectivity index (χ2n) is 3.92. The highest BCUT2D eigenvalue weighted by atomic mass is 19.3. The normalized spacial score (nSPS) is 25.6. The van der Waals surface area contributed by atoms with Crippen LogP contribution in [-0.2, 0) is 0 Å². The van der Waals surface area contributed by atoms with Gasteiger partial charge >= 0.3 is 0 Å². The lowest BCUT2D eigenvalue weighted by molar-refractivity contribution is 0.102. The number of aromatic nitrogens is 2. The van der Waals surface area contributed by atoms with Gasteiger partial charge in [-0.1, -0.05) is 0 Å². The van der Waals surface area contributed by atoms with Crippen molar-refractivity contribution in [3.05, 3.63) is 11.9 Å². The zero-order chi connectivity index (χ0) is 11.0. The molecule has 1 aromatic rings. The number of halogens is 2. The average Bonchev–Trinajstić information content (AvgIpc) is 2.45. The minimum Gasteiger partial charge on any atom is -0.396 e. The van der Waals surface area contributed by atoms with Crippen molar-refractivity contribution in [2.24, 2.45) is 5.92 Å². The van der Waals surface area contributed by atoms with E-state index in [0.717, 1.165) is 12.8 Å². The predicted molar refractivity (Wildman–Crippen MR) is 50.4 cm³/mol. The molecule has 0 atom stereocenters. The minimum atomic E-state index is -2.63. The van der Waals surface area contributed by atoms with E-state index in [9.17, 15) is 8.78 Å². The van der Waals surface area contributed by atoms with Crippen LogP contribution < -0.4 is 5.73 Å². The Morgan fingerprint density at radius 2 is 2.27 bits per heavy atom. The van der Waals surface area contributed by atoms with E-state index in [1.807, 2.05) is 0 Å². The van der Waals surface area contributed by atoms with Gasteiger partial charge < -0.3 is 10.8 Å². The molecule has 0 radical (unpaired) electrons. The van der Waals surface area contributed by atoms with Gasteiger partial charge in [0.2, 0.25) is 0 Å². The number of nitrogens with two attached hydrogens (primary N) is 1. The van der Waals surface area contributed by atoms with Crippen LogP contribution in [0.15, 0.2) is 6.20 Å². The highest BCUT2D eigenvalue weighted by molar-refractivity contribution is 5.41. The molecule has 0 bridgehead atoms. The third-order valence-corrected chi connectivity index (χ3v) is 2.84. The minimum absolute atomic E-state index is 0.0393. The van der Waals surface area contributed by atoms with Gasteiger partial charge in [-0.05, 0) is 18.8 Å². The molecule has 0 aliphatic heterocycles. The van der Waals surface area contributed by atoms with E-state index in [-0.39, 0.29) is 29.9 Å². The molecular weight excluding hydrogens is 204 g/mol. The zero-order valence-corrected chi connectivity index (χ0v) is 8.11. The van der Waals surface area contributed by atoms with Crippen LogP contribution in [-0.4, -0.2) is 21.5 Å². The lowest BCUT2D eigenvalue weighted by Gasteiger charge is -2.33. The van der Waals surface area contributed by atoms with Crippen molar-refractivity contribution in [3.63, 3.8) is 0 Å². The van der Waals surface area contributed by atoms with Crippen molar-refractivity contribution in [1.29, 1.82) is 0 Å². The van der Waals surface area contributed by atoms with Crippen LogP contribution >= 0.6 is 0 Å². The molecule has 1 heterocycles. The molecule has 1 saturated carbocycles. The highest BCUT2D eigenvalue weighted by Crippen LogP contribution is 2.38. The van der Waals surface area contributed by atoms with E-state index in [1.165, 1.54) is 10.9 Å². The zero-order valence-electron chi connectivity index (χ0n) is 8.11. The molecule has 0 amide bonds. The second kappa shape index (κ2) is 3.77. The fourth-order valence-electron chi connectivity index (χ4n) is 1.84. The Labute approximate surface area is 85.7 Å². The van der Waals surface area contributed by atoms with Gasteiger partial charge in [0.25, 0.3) is 6.43 Å². The average molecular weight is 217 g/mol. The molecule has 0 aromatic carbocycles. The summed E-state index contributed by atoms with van der Waals surface area (Å²) in [5.74, 6) is 0.274. The third-order valence-electron chi connectivity index (χ3n) is 2.84. The molecule has 4 nitrogen and oxygen atoms in total. The summed E-state index contributed by atoms with van der Waals surface area (Å²) in [6.07, 6.45) is 0.375. The van der Waals surface area contributed by atoms with E-state index in [2.05, 4.69) is 5.10 Å². The number of hydrogen-bond acceptors (Lipinski definition) is 3. The van der Waals surface area contributed by atoms with E-state index in [1.54, 1.807) is 0 Å². The van der Waals surface area contributed by atoms with Crippen LogP contribution in [0.1, 0.15) is 31.0 Å². The number of aliphatic hydroxyl groups excluding tert-OH is 1. The van der Waals surface area contributed by atoms with Crippen LogP contribution in [0.25, 0.3) is 0 Å². The number of alkyl halides is 2. The maximum absolute atomic E-state index is 12.4. The molecule has 1 aliphatic rings. The lowest BCUT2D eigenvalue weighted by atomic mass is 9.81. The maximum Gasteiger partial charge on any atom is 0.284 e. The summed E-state index contributed by atoms with van der Waals surface area (Å²) in [6, 6.07) is 0.108. The number of anilines is 1. The molecule has 0 unspecified atom stereocenters. The van der Waals surface area contributed by atoms with Gasteiger partial charge in [-0.25, -0.2) is 8.78 Å². The monoisotopic (exact) mass is 217 g/mol. The van der Waals surface area contributed by atoms with Crippen molar-refractivity contribution in [3.8, 4) is 0 Å². The Kier molecular flexibility index (Phi) is 2.60. The fourth-order valence-corrected chi connectivity index (χ4v) is 1.84. The molecular formula is C9H13F2N3O. The van der Waals surface area contributed by atoms with Crippen molar-refractivity contribution >= 4 is 5.69 Å². The molecule has 1 aromatic heterocycles. The van der Waals surface area contributed by atoms with Crippen molar-refractivity contribution in [2.45, 2.75) is 25.3 Å². The Hall–Kier alpha value is -1.17. The SMILES string of the molecule is Nc1cn([C@H]2C[C@H](CO)C2)nc1C(F)F. The molecule has 0 saturated heterocycles. The first-order chi connectivity index (χ1) is 7.11. The second-order valence-corrected chi connectivity index (χ2v) is 3.92. The molecule has 1 fully saturated rings. The van der Waals surface area contributed by atoms with Gasteiger partial charge in [0.15, 0.2) is 5.69 Å². The summed E-state index contributed by atoms with van der Waals surface area (Å²) in [5, 5.41) is 12.6. The van der Waals surface area contributed by atoms with Crippen LogP contribution in [0.3, 0.4) is 0 Å². The summed E-state index contributed by atoms with van der Waals surface area (Å²) in [7, 11) is 0. The summed E-state index contributed by atoms with van der Waals surface area (Å²) < 4.78 is 26.2. The number of hydrogen-bond donors (Lipinski definition) is 2. The Morgan fingerprint density at radius 3 is 2.73 bits per heavy atom. The topological polar surface area (TPSA) is 64.1 Å². The van der Waals surface area contributed by atoms with Crippen LogP contribution in [0.4, 0.5) is 14.5 Å². The van der Waals surface area contributed by atoms with E-state index in [4.69, 9.17) is 10.8 Å². The molecule has 84 valence electrons. The van der Waals surface area contributed by atoms with Gasteiger partial charge in [-0.3, -0.25) is 4.68 Å². The smallest absolute Gasteiger partial charge is 0.284 e. The van der Waals surface area contributed by atoms with Gasteiger partial charge in [-0.2, -0.15) is 5.10 Å². The Morgan fingerprint density at radius 1 is 1.60 bits per heavy atom. The van der Waals surface area contributed by atoms with E-state index < -0.39 is 6.43 Å². The first kappa shape index (κ1) is 10.4. The van der Waals surface area contributed by atoms with E-state index >= 15 is 0 Å². The van der Waals surface area contributed by atoms with Crippen molar-refractivity contribution in [1.82, 2.24) is 9.78 Å². The summed E-state index contributed by atoms with van der Waals surface area (Å²) in [4.78, 5) is 0. The van der Waals surface area contributed by atoms with Gasteiger partial charge in [-0.15, -0.1) is 0 Å². The Balaban J connectivity index is 2.08. The molecule has 0 spiro atoms. The van der Waals surface area contributed by atoms with Crippen LogP contribution in [0, 0.1) is 5.92 Å². The summed E-state index contributed by atoms with van der Waals surface area (Å²) in [5.41, 5.74) is 5.11. The number of aliphatic hydroxyl groups is 1. The van der Waals surface area contributed by atoms with E-state index in [0.29, 0.717) is 0 Å². The number of nitrogen functional groups attached to an aromatic ring is 1. The standard InChI is InChI=1S/C9H13F2N3O/c10-9(11)8-7(12)3-14(13-8)6-1-5(2-6)4-15/h3,5-6,9,15H,1-2,4,12H2/t5-,6-. The molecule has 2 rings (SSSR count). The fraction of sp³-hybridized carbons (Fsp3) is 0.667. The van der Waals surface area contributed by atoms with Crippen molar-refractivity contribution in [2.75, 3.05) is 12.3 Å². The van der Waals surface area contributed by atoms with Crippen LogP contribution in [0.5, 0.6) is 0 Å². The quantitative estimate of drug-likeness (QED) is 0.803. The summed E-state index contributed by atoms with van der Waals surface area (Å²) >= 11 is 0. The maximum atomic E-state index is 12.4. The first-order valence-electron chi connectivity index (χ1n) is 4.85. The number of nitrogens with zero attached hydrogens (tertiary/aromatic N) is 2. The van der Waals surface area contributed by atoms with Gasteiger partial charge in [0.05, 0.1) is 11.7 Å². The first-order valence-corrected chi connectivity index (χ1v) is 4.85. The molecule has 6 heteroatoms. The molecule has 3 N–H and O–H groups in total. The molecule has 1 aliphatic carbocycles. The third kappa shape index (κ3) is 1.81. The largest absolute Gasteiger partial charge is 0.396 e. The van der Waals surface area contributed by atoms with Gasteiger partial charge in [0, 0.05) is 12.8 Å². The van der Waals surface area contributed by atoms with Gasteiger partial charge in [0.1, 0.15) is 0 Å². The number of rotatable bonds is 3. The Bertz CT molecular complexity index is 347.